The molecule has 20 N–H and O–H groups in total. The molecule has 7 aliphatic heterocycles. The first kappa shape index (κ1) is 87.4. The largest absolute Gasteiger partial charge is 0.481 e. The maximum Gasteiger partial charge on any atom is 0.335 e. The van der Waals surface area contributed by atoms with E-state index in [1.54, 1.807) is 13.8 Å². The van der Waals surface area contributed by atoms with E-state index in [9.17, 15) is 116 Å². The number of aldehydes is 1. The van der Waals surface area contributed by atoms with Gasteiger partial charge >= 0.3 is 17.9 Å². The third-order valence-electron chi connectivity index (χ3n) is 27.6. The standard InChI is InChI=1S/C73H113NO38/c1-9-72(98)26-101-65(57(72)94)107-52-31(79)24-100-60(50(52)93)106-51-27(2)102-61(48(91)45(51)88)110-55-43(86)40(74-38(81)18-39(82)83)32(21-75)103-63(55)112-66(97)73-17-16-67(3,4)19-29(73)28-10-11-35-68(5)14-13-37(69(6,25-77)34(68)12-15-70(35,7)71(28,8)20-36(73)80)105-64-56(111-62-47(90)44(87)42(85)33(22-76)104-62)53(49(92)54(109-64)58(95)96)108-59-46(89)41(84)30(78)23-99-59/h10,25,27,29-37,40-57,59-65,75-76,78-80,84-94,98H,9,11-24,26H2,1-8H3,(H,74,81)(H,82,83)(H,95,96)/t27?,29?,30-,31-,32?,33?,34-,35?,36?,37+,40+,41+,42+,43?,44+,45?,46?,47?,48?,49+,50?,51+,52?,53+,54?,55?,56?,57?,59+,60+,61+,62+,63+,64-,65+,68?,69-,70+,71-,72+,73-/m1/s1. The van der Waals surface area contributed by atoms with E-state index in [4.69, 9.17) is 66.3 Å². The van der Waals surface area contributed by atoms with E-state index in [0.29, 0.717) is 38.5 Å². The van der Waals surface area contributed by atoms with E-state index < -0.39 is 303 Å². The number of carbonyl (C=O) groups excluding carboxylic acids is 3. The highest BCUT2D eigenvalue weighted by Gasteiger charge is 2.73. The maximum atomic E-state index is 16.0. The minimum absolute atomic E-state index is 0.0241. The Labute approximate surface area is 643 Å². The number of hydrogen-bond donors (Lipinski definition) is 20. The van der Waals surface area contributed by atoms with Crippen molar-refractivity contribution in [3.8, 4) is 0 Å². The van der Waals surface area contributed by atoms with E-state index >= 15 is 4.79 Å². The highest BCUT2D eigenvalue weighted by molar-refractivity contribution is 5.93. The number of fused-ring (bicyclic) bond motifs is 7. The normalized spacial score (nSPS) is 52.2. The van der Waals surface area contributed by atoms with Crippen LogP contribution in [-0.2, 0) is 90.3 Å². The molecule has 0 spiro atoms. The molecule has 7 heterocycles. The van der Waals surface area contributed by atoms with Crippen molar-refractivity contribution in [1.29, 1.82) is 0 Å². The van der Waals surface area contributed by atoms with Crippen molar-refractivity contribution in [3.05, 3.63) is 11.6 Å². The lowest BCUT2D eigenvalue weighted by Gasteiger charge is -2.71. The van der Waals surface area contributed by atoms with Crippen LogP contribution in [0.3, 0.4) is 0 Å². The van der Waals surface area contributed by atoms with E-state index in [-0.39, 0.29) is 38.2 Å². The lowest BCUT2D eigenvalue weighted by Crippen LogP contribution is -2.70. The van der Waals surface area contributed by atoms with E-state index in [1.165, 1.54) is 6.92 Å². The average molecular weight is 1610 g/mol. The molecule has 4 saturated carbocycles. The molecule has 0 aromatic heterocycles. The van der Waals surface area contributed by atoms with Gasteiger partial charge in [-0.3, -0.25) is 14.4 Å². The first-order chi connectivity index (χ1) is 52.5. The molecule has 112 heavy (non-hydrogen) atoms. The summed E-state index contributed by atoms with van der Waals surface area (Å²) in [5, 5.41) is 213. The number of carboxylic acids is 2. The van der Waals surface area contributed by atoms with Crippen LogP contribution in [-0.4, -0.2) is 362 Å². The van der Waals surface area contributed by atoms with Crippen LogP contribution in [0, 0.1) is 50.2 Å². The number of aliphatic hydroxyl groups excluding tert-OH is 16. The Hall–Kier alpha value is -3.91. The average Bonchev–Trinajstić information content (AvgIpc) is 0.683. The summed E-state index contributed by atoms with van der Waals surface area (Å²) in [6.45, 7) is 11.6. The van der Waals surface area contributed by atoms with Gasteiger partial charge in [0.25, 0.3) is 0 Å². The van der Waals surface area contributed by atoms with E-state index in [1.807, 2.05) is 20.8 Å². The minimum atomic E-state index is -2.25. The molecule has 0 bridgehead atoms. The minimum Gasteiger partial charge on any atom is -0.481 e. The molecule has 7 saturated heterocycles. The summed E-state index contributed by atoms with van der Waals surface area (Å²) in [6.07, 6.45) is -53.0. The van der Waals surface area contributed by atoms with Gasteiger partial charge in [-0.05, 0) is 111 Å². The maximum absolute atomic E-state index is 16.0. The molecular formula is C73H113NO38. The van der Waals surface area contributed by atoms with Crippen LogP contribution in [0.25, 0.3) is 0 Å². The number of aliphatic hydroxyl groups is 17. The van der Waals surface area contributed by atoms with Crippen molar-refractivity contribution in [1.82, 2.24) is 5.32 Å². The highest BCUT2D eigenvalue weighted by atomic mass is 16.8. The lowest BCUT2D eigenvalue weighted by atomic mass is 9.33. The molecule has 0 aromatic rings. The summed E-state index contributed by atoms with van der Waals surface area (Å²) in [5.74, 6) is -7.14. The Bertz CT molecular complexity index is 3380. The Kier molecular flexibility index (Phi) is 25.8. The van der Waals surface area contributed by atoms with Crippen LogP contribution in [0.1, 0.15) is 126 Å². The molecule has 11 fully saturated rings. The van der Waals surface area contributed by atoms with Gasteiger partial charge in [-0.15, -0.1) is 0 Å². The SMILES string of the molecule is CC[C@]1(O)CO[C@@H](OC2C(O)[C@H](O[C@H]3C(C)O[C@@H](OC4C(O)[C@@H](NC(=O)CC(=O)O)C(CO)O[C@H]4OC(=O)[C@]45CCC(C)(C)CC4C4=CCC6C7(C)CC[C@H](O[C@@H]8OC(C(=O)O)[C@@H](O)[C@H](O[C@@H]9OC[C@@H](O)[C@H](O)C9O)C8O[C@@H]8OC(CO)[C@H](O)[C@H](O)C8O)[C@](C)(C=O)[C@@H]7CC[C@]6(C)[C@]4(C)CC5O)C(O)C3O)OC[C@H]2O)C1O. The molecule has 1 amide bonds. The van der Waals surface area contributed by atoms with Crippen LogP contribution < -0.4 is 5.32 Å². The Morgan fingerprint density at radius 3 is 1.82 bits per heavy atom. The number of esters is 1. The zero-order valence-electron chi connectivity index (χ0n) is 63.4. The third kappa shape index (κ3) is 15.3. The van der Waals surface area contributed by atoms with Crippen LogP contribution in [0.15, 0.2) is 11.6 Å². The quantitative estimate of drug-likeness (QED) is 0.0158. The van der Waals surface area contributed by atoms with Gasteiger partial charge in [0.1, 0.15) is 140 Å². The second-order valence-corrected chi connectivity index (χ2v) is 34.6. The second kappa shape index (κ2) is 33.0. The molecule has 0 radical (unpaired) electrons. The van der Waals surface area contributed by atoms with Crippen molar-refractivity contribution < 1.29 is 187 Å². The molecule has 0 aromatic carbocycles. The van der Waals surface area contributed by atoms with Crippen LogP contribution in [0.4, 0.5) is 0 Å². The van der Waals surface area contributed by atoms with Crippen molar-refractivity contribution in [2.75, 3.05) is 33.0 Å². The summed E-state index contributed by atoms with van der Waals surface area (Å²) in [6, 6.07) is -1.72. The predicted molar refractivity (Wildman–Crippen MR) is 365 cm³/mol. The number of aliphatic carboxylic acids is 2. The number of amides is 1. The number of carboxylic acid groups (broad SMARTS) is 2. The molecule has 39 heteroatoms. The number of ether oxygens (including phenoxy) is 14. The second-order valence-electron chi connectivity index (χ2n) is 34.6. The van der Waals surface area contributed by atoms with Gasteiger partial charge in [0.2, 0.25) is 12.2 Å². The fourth-order valence-electron chi connectivity index (χ4n) is 20.8. The summed E-state index contributed by atoms with van der Waals surface area (Å²) in [7, 11) is 0. The number of allylic oxidation sites excluding steroid dienone is 2. The molecular weight excluding hydrogens is 1500 g/mol. The Morgan fingerprint density at radius 1 is 0.571 bits per heavy atom. The molecule has 5 aliphatic carbocycles. The first-order valence-corrected chi connectivity index (χ1v) is 38.5. The van der Waals surface area contributed by atoms with Gasteiger partial charge in [-0.2, -0.15) is 0 Å². The molecule has 18 unspecified atom stereocenters. The summed E-state index contributed by atoms with van der Waals surface area (Å²) in [4.78, 5) is 68.3. The smallest absolute Gasteiger partial charge is 0.335 e. The number of nitrogens with one attached hydrogen (secondary N) is 1. The third-order valence-corrected chi connectivity index (χ3v) is 27.6. The van der Waals surface area contributed by atoms with Gasteiger partial charge in [0.05, 0.1) is 62.8 Å². The van der Waals surface area contributed by atoms with Crippen molar-refractivity contribution in [3.63, 3.8) is 0 Å². The molecule has 39 nitrogen and oxygen atoms in total. The van der Waals surface area contributed by atoms with Crippen molar-refractivity contribution in [2.45, 2.75) is 328 Å². The van der Waals surface area contributed by atoms with E-state index in [2.05, 4.69) is 25.2 Å². The molecule has 41 atom stereocenters. The number of rotatable bonds is 22. The fraction of sp³-hybridized carbons (Fsp3) is 0.904. The summed E-state index contributed by atoms with van der Waals surface area (Å²) in [5.41, 5.74) is -7.06. The Morgan fingerprint density at radius 2 is 1.18 bits per heavy atom. The van der Waals surface area contributed by atoms with Crippen LogP contribution in [0.2, 0.25) is 0 Å². The van der Waals surface area contributed by atoms with Gasteiger partial charge in [-0.1, -0.05) is 60.1 Å². The van der Waals surface area contributed by atoms with Crippen LogP contribution >= 0.6 is 0 Å². The van der Waals surface area contributed by atoms with Gasteiger partial charge in [0.15, 0.2) is 49.9 Å². The first-order valence-electron chi connectivity index (χ1n) is 38.5. The zero-order chi connectivity index (χ0) is 81.9. The Balaban J connectivity index is 0.806. The van der Waals surface area contributed by atoms with Crippen LogP contribution in [0.5, 0.6) is 0 Å². The predicted octanol–water partition coefficient (Wildman–Crippen LogP) is -6.36. The van der Waals surface area contributed by atoms with Crippen molar-refractivity contribution in [2.24, 2.45) is 50.2 Å². The zero-order valence-corrected chi connectivity index (χ0v) is 63.4. The highest BCUT2D eigenvalue weighted by Crippen LogP contribution is 2.76. The monoisotopic (exact) mass is 1610 g/mol. The molecule has 12 rings (SSSR count). The van der Waals surface area contributed by atoms with Gasteiger partial charge in [0, 0.05) is 0 Å². The number of carbonyl (C=O) groups is 5. The van der Waals surface area contributed by atoms with Crippen molar-refractivity contribution >= 4 is 30.1 Å². The lowest BCUT2D eigenvalue weighted by molar-refractivity contribution is -0.391. The fourth-order valence-corrected chi connectivity index (χ4v) is 20.8. The van der Waals surface area contributed by atoms with E-state index in [0.717, 1.165) is 11.9 Å². The number of hydrogen-bond acceptors (Lipinski definition) is 36. The summed E-state index contributed by atoms with van der Waals surface area (Å²) < 4.78 is 84.1. The van der Waals surface area contributed by atoms with Gasteiger partial charge in [-0.25, -0.2) is 4.79 Å². The summed E-state index contributed by atoms with van der Waals surface area (Å²) >= 11 is 0. The topological polar surface area (TPSA) is 611 Å². The molecule has 12 aliphatic rings. The molecule has 638 valence electrons. The van der Waals surface area contributed by atoms with Gasteiger partial charge < -0.3 is 173 Å².